The third-order valence-corrected chi connectivity index (χ3v) is 16.1. The zero-order valence-electron chi connectivity index (χ0n) is 17.0. The van der Waals surface area contributed by atoms with Gasteiger partial charge in [-0.15, -0.1) is 0 Å². The Hall–Kier alpha value is 0.786. The normalized spacial score (nSPS) is 15.8. The van der Waals surface area contributed by atoms with Crippen molar-refractivity contribution in [3.8, 4) is 0 Å². The van der Waals surface area contributed by atoms with Crippen LogP contribution in [0.3, 0.4) is 0 Å². The van der Waals surface area contributed by atoms with Crippen LogP contribution in [0.2, 0.25) is 11.5 Å². The third-order valence-electron chi connectivity index (χ3n) is 3.78. The van der Waals surface area contributed by atoms with E-state index in [0.29, 0.717) is 17.8 Å². The second kappa shape index (κ2) is 10.8. The first-order valence-electron chi connectivity index (χ1n) is 9.49. The number of allylic oxidation sites excluding steroid dienone is 4. The predicted molar refractivity (Wildman–Crippen MR) is 102 cm³/mol. The third kappa shape index (κ3) is 7.19. The quantitative estimate of drug-likeness (QED) is 0.385. The second-order valence-corrected chi connectivity index (χ2v) is 20.9. The van der Waals surface area contributed by atoms with Crippen LogP contribution in [0, 0.1) is 17.8 Å². The van der Waals surface area contributed by atoms with Gasteiger partial charge in [0.2, 0.25) is 0 Å². The summed E-state index contributed by atoms with van der Waals surface area (Å²) >= 11 is -5.15. The molecule has 0 aromatic rings. The molecule has 0 amide bonds. The average molecular weight is 478 g/mol. The molecule has 140 valence electrons. The van der Waals surface area contributed by atoms with E-state index in [2.05, 4.69) is 65.2 Å². The Morgan fingerprint density at radius 3 is 1.62 bits per heavy atom. The molecule has 0 radical (unpaired) electrons. The van der Waals surface area contributed by atoms with Crippen molar-refractivity contribution >= 4 is 14.3 Å². The van der Waals surface area contributed by atoms with Crippen LogP contribution in [-0.4, -0.2) is 34.2 Å². The van der Waals surface area contributed by atoms with Crippen molar-refractivity contribution in [3.05, 3.63) is 19.8 Å². The van der Waals surface area contributed by atoms with E-state index in [0.717, 1.165) is 26.2 Å². The fourth-order valence-corrected chi connectivity index (χ4v) is 19.2. The van der Waals surface area contributed by atoms with Crippen LogP contribution in [0.4, 0.5) is 0 Å². The average Bonchev–Trinajstić information content (AvgIpc) is 2.96. The van der Waals surface area contributed by atoms with Gasteiger partial charge in [0.05, 0.1) is 0 Å². The first-order chi connectivity index (χ1) is 11.2. The summed E-state index contributed by atoms with van der Waals surface area (Å²) in [6.07, 6.45) is 5.60. The summed E-state index contributed by atoms with van der Waals surface area (Å²) in [4.78, 5) is 0. The molecule has 0 N–H and O–H groups in total. The van der Waals surface area contributed by atoms with Crippen LogP contribution in [0.15, 0.2) is 19.8 Å². The first-order valence-corrected chi connectivity index (χ1v) is 19.8. The molecule has 1 aliphatic rings. The molecule has 0 bridgehead atoms. The van der Waals surface area contributed by atoms with E-state index in [1.807, 2.05) is 0 Å². The van der Waals surface area contributed by atoms with Gasteiger partial charge in [-0.3, -0.25) is 0 Å². The molecule has 0 saturated heterocycles. The Kier molecular flexibility index (Phi) is 10.3. The summed E-state index contributed by atoms with van der Waals surface area (Å²) in [5, 5.41) is 0. The fraction of sp³-hybridized carbons (Fsp3) is 0.789. The van der Waals surface area contributed by atoms with Crippen LogP contribution < -0.4 is 0 Å². The standard InChI is InChI=1S/C7H11Ge.3C4H9O.Zr/c1-8(2)7-5-3-4-6-7;3*1-4(2)3-5;/h3,5,8H,4H2,1-2H3;3*4H,3H2,1-2H3;/q;3*-1;+3. The SMILES string of the molecule is CC(C)C[O][Zr]([O]CC(C)C)([O]CC(C)C)[C]1=[C]([GeH]([CH3])[CH3])C=CC1. The zero-order chi connectivity index (χ0) is 18.3. The summed E-state index contributed by atoms with van der Waals surface area (Å²) in [5.41, 5.74) is 0. The minimum absolute atomic E-state index is 0.491. The fourth-order valence-electron chi connectivity index (χ4n) is 2.58. The van der Waals surface area contributed by atoms with Gasteiger partial charge in [-0.1, -0.05) is 0 Å². The topological polar surface area (TPSA) is 27.7 Å². The van der Waals surface area contributed by atoms with Gasteiger partial charge in [-0.25, -0.2) is 0 Å². The number of hydrogen-bond donors (Lipinski definition) is 0. The Labute approximate surface area is 160 Å². The van der Waals surface area contributed by atoms with E-state index in [-0.39, 0.29) is 0 Å². The molecule has 1 rings (SSSR count). The van der Waals surface area contributed by atoms with Gasteiger partial charge < -0.3 is 0 Å². The van der Waals surface area contributed by atoms with Crippen molar-refractivity contribution in [2.24, 2.45) is 17.8 Å². The molecule has 5 heteroatoms. The summed E-state index contributed by atoms with van der Waals surface area (Å²) in [6, 6.07) is 0. The molecular formula is C19H38GeO3Zr. The molecule has 24 heavy (non-hydrogen) atoms. The molecule has 1 aliphatic carbocycles. The van der Waals surface area contributed by atoms with Crippen molar-refractivity contribution in [2.75, 3.05) is 19.8 Å². The van der Waals surface area contributed by atoms with Gasteiger partial charge >= 0.3 is 161 Å². The summed E-state index contributed by atoms with van der Waals surface area (Å²) < 4.78 is 22.7. The van der Waals surface area contributed by atoms with Crippen LogP contribution in [0.1, 0.15) is 48.0 Å². The zero-order valence-corrected chi connectivity index (χ0v) is 21.9. The Morgan fingerprint density at radius 2 is 1.29 bits per heavy atom. The number of hydrogen-bond acceptors (Lipinski definition) is 3. The summed E-state index contributed by atoms with van der Waals surface area (Å²) in [7, 11) is 0. The van der Waals surface area contributed by atoms with Crippen molar-refractivity contribution in [3.63, 3.8) is 0 Å². The molecule has 0 saturated carbocycles. The molecule has 0 aliphatic heterocycles. The maximum absolute atomic E-state index is 6.55. The molecule has 3 nitrogen and oxygen atoms in total. The molecule has 0 spiro atoms. The monoisotopic (exact) mass is 478 g/mol. The Morgan fingerprint density at radius 1 is 0.875 bits per heavy atom. The maximum atomic E-state index is 6.55. The van der Waals surface area contributed by atoms with Gasteiger partial charge in [0.1, 0.15) is 0 Å². The van der Waals surface area contributed by atoms with Gasteiger partial charge in [-0.2, -0.15) is 0 Å². The molecule has 0 atom stereocenters. The van der Waals surface area contributed by atoms with Crippen LogP contribution in [0.25, 0.3) is 0 Å². The van der Waals surface area contributed by atoms with Gasteiger partial charge in [0.25, 0.3) is 0 Å². The van der Waals surface area contributed by atoms with E-state index in [4.69, 9.17) is 8.44 Å². The van der Waals surface area contributed by atoms with E-state index >= 15 is 0 Å². The van der Waals surface area contributed by atoms with Crippen molar-refractivity contribution in [2.45, 2.75) is 59.5 Å². The van der Waals surface area contributed by atoms with Crippen molar-refractivity contribution < 1.29 is 30.0 Å². The molecule has 0 aromatic carbocycles. The van der Waals surface area contributed by atoms with Crippen LogP contribution in [-0.2, 0) is 30.0 Å². The van der Waals surface area contributed by atoms with Crippen LogP contribution >= 0.6 is 0 Å². The van der Waals surface area contributed by atoms with Crippen LogP contribution in [0.5, 0.6) is 0 Å². The van der Waals surface area contributed by atoms with E-state index in [9.17, 15) is 0 Å². The van der Waals surface area contributed by atoms with Gasteiger partial charge in [-0.05, 0) is 0 Å². The van der Waals surface area contributed by atoms with Gasteiger partial charge in [0, 0.05) is 0 Å². The van der Waals surface area contributed by atoms with Gasteiger partial charge in [0.15, 0.2) is 0 Å². The van der Waals surface area contributed by atoms with Crippen molar-refractivity contribution in [1.29, 1.82) is 0 Å². The minimum atomic E-state index is -3.74. The number of rotatable bonds is 11. The Bertz CT molecular complexity index is 411. The molecule has 0 aromatic heterocycles. The van der Waals surface area contributed by atoms with E-state index in [1.54, 1.807) is 4.41 Å². The van der Waals surface area contributed by atoms with E-state index < -0.39 is 35.9 Å². The van der Waals surface area contributed by atoms with Crippen molar-refractivity contribution in [1.82, 2.24) is 0 Å². The second-order valence-electron chi connectivity index (χ2n) is 8.37. The molecule has 0 heterocycles. The first kappa shape index (κ1) is 22.8. The molecule has 0 unspecified atom stereocenters. The summed E-state index contributed by atoms with van der Waals surface area (Å²) in [6.45, 7) is 15.4. The Balaban J connectivity index is 3.18. The summed E-state index contributed by atoms with van der Waals surface area (Å²) in [5.74, 6) is 6.34. The van der Waals surface area contributed by atoms with E-state index in [1.165, 1.54) is 3.28 Å². The predicted octanol–water partition coefficient (Wildman–Crippen LogP) is 5.14. The molecular weight excluding hydrogens is 440 g/mol. The molecule has 0 fully saturated rings.